The van der Waals surface area contributed by atoms with Crippen LogP contribution in [0, 0.1) is 0 Å². The van der Waals surface area contributed by atoms with Gasteiger partial charge in [0.25, 0.3) is 11.6 Å². The van der Waals surface area contributed by atoms with Gasteiger partial charge in [0.1, 0.15) is 11.9 Å². The molecule has 1 saturated carbocycles. The molecule has 192 valence electrons. The summed E-state index contributed by atoms with van der Waals surface area (Å²) in [6, 6.07) is 19.8. The van der Waals surface area contributed by atoms with E-state index in [9.17, 15) is 8.42 Å². The molecule has 1 saturated heterocycles. The second-order valence-corrected chi connectivity index (χ2v) is 11.3. The fourth-order valence-electron chi connectivity index (χ4n) is 5.21. The molecule has 5 atom stereocenters. The number of methoxy groups -OCH3 is 1. The standard InChI is InChI=1S/C27H33N3O5S/c1-3-18-36(31,32)30-25(29-22-12-8-5-9-13-22)24-27(26(33-2,35-27)16-17-28-24)34-23-15-14-21(19-23)20-10-6-4-7-11-20/h4-13,16-17,21,23,25,29-30H,3,14-15,18-19H2,1-2H3. The largest absolute Gasteiger partial charge is 0.364 e. The Morgan fingerprint density at radius 1 is 1.11 bits per heavy atom. The van der Waals surface area contributed by atoms with Crippen LogP contribution in [-0.4, -0.2) is 50.8 Å². The third-order valence-corrected chi connectivity index (χ3v) is 8.52. The van der Waals surface area contributed by atoms with Crippen LogP contribution >= 0.6 is 0 Å². The maximum Gasteiger partial charge on any atom is 0.275 e. The van der Waals surface area contributed by atoms with Crippen molar-refractivity contribution in [1.82, 2.24) is 4.72 Å². The van der Waals surface area contributed by atoms with Crippen LogP contribution in [0.1, 0.15) is 44.1 Å². The summed E-state index contributed by atoms with van der Waals surface area (Å²) in [5.41, 5.74) is 2.42. The van der Waals surface area contributed by atoms with Crippen molar-refractivity contribution < 1.29 is 22.6 Å². The van der Waals surface area contributed by atoms with Crippen molar-refractivity contribution in [2.24, 2.45) is 4.99 Å². The van der Waals surface area contributed by atoms with E-state index in [0.29, 0.717) is 18.1 Å². The zero-order valence-corrected chi connectivity index (χ0v) is 21.4. The van der Waals surface area contributed by atoms with E-state index in [2.05, 4.69) is 39.3 Å². The molecule has 2 aromatic carbocycles. The number of ether oxygens (including phenoxy) is 3. The van der Waals surface area contributed by atoms with E-state index in [1.165, 1.54) is 5.56 Å². The molecular weight excluding hydrogens is 478 g/mol. The molecule has 2 aliphatic heterocycles. The number of anilines is 1. The molecule has 36 heavy (non-hydrogen) atoms. The van der Waals surface area contributed by atoms with Gasteiger partial charge < -0.3 is 14.8 Å². The number of nitrogens with zero attached hydrogens (tertiary/aromatic N) is 1. The molecule has 5 rings (SSSR count). The van der Waals surface area contributed by atoms with Crippen molar-refractivity contribution >= 4 is 21.4 Å². The van der Waals surface area contributed by atoms with Crippen molar-refractivity contribution in [3.8, 4) is 0 Å². The number of hydrogen-bond donors (Lipinski definition) is 2. The predicted octanol–water partition coefficient (Wildman–Crippen LogP) is 4.14. The van der Waals surface area contributed by atoms with Gasteiger partial charge in [0, 0.05) is 19.0 Å². The van der Waals surface area contributed by atoms with Crippen LogP contribution in [0.4, 0.5) is 5.69 Å². The van der Waals surface area contributed by atoms with E-state index in [0.717, 1.165) is 24.9 Å². The SMILES string of the molecule is CCCS(=O)(=O)NC(Nc1ccccc1)C1=NC=CC2(OC)OC12OC1CCC(c2ccccc2)C1. The van der Waals surface area contributed by atoms with Crippen LogP contribution in [0.5, 0.6) is 0 Å². The Hall–Kier alpha value is -2.56. The lowest BCUT2D eigenvalue weighted by atomic mass is 9.98. The fraction of sp³-hybridized carbons (Fsp3) is 0.444. The predicted molar refractivity (Wildman–Crippen MR) is 139 cm³/mol. The van der Waals surface area contributed by atoms with Crippen molar-refractivity contribution in [2.75, 3.05) is 18.2 Å². The second-order valence-electron chi connectivity index (χ2n) is 9.46. The highest BCUT2D eigenvalue weighted by molar-refractivity contribution is 7.89. The summed E-state index contributed by atoms with van der Waals surface area (Å²) in [5, 5.41) is 3.28. The second kappa shape index (κ2) is 10.1. The molecule has 3 aliphatic rings. The molecule has 8 nitrogen and oxygen atoms in total. The molecule has 2 fully saturated rings. The maximum atomic E-state index is 12.9. The van der Waals surface area contributed by atoms with Gasteiger partial charge in [-0.15, -0.1) is 0 Å². The Bertz CT molecular complexity index is 1220. The molecule has 1 aliphatic carbocycles. The lowest BCUT2D eigenvalue weighted by Gasteiger charge is -2.30. The molecule has 2 N–H and O–H groups in total. The molecule has 0 aromatic heterocycles. The van der Waals surface area contributed by atoms with Gasteiger partial charge in [-0.1, -0.05) is 55.5 Å². The number of aliphatic imine (C=N–C) groups is 1. The van der Waals surface area contributed by atoms with Crippen LogP contribution in [-0.2, 0) is 24.2 Å². The average Bonchev–Trinajstić information content (AvgIpc) is 3.33. The quantitative estimate of drug-likeness (QED) is 0.347. The summed E-state index contributed by atoms with van der Waals surface area (Å²) in [5.74, 6) is -2.09. The van der Waals surface area contributed by atoms with Crippen LogP contribution < -0.4 is 10.0 Å². The van der Waals surface area contributed by atoms with Gasteiger partial charge in [0.15, 0.2) is 0 Å². The molecule has 0 bridgehead atoms. The summed E-state index contributed by atoms with van der Waals surface area (Å²) >= 11 is 0. The van der Waals surface area contributed by atoms with E-state index in [-0.39, 0.29) is 11.9 Å². The molecule has 2 aromatic rings. The number of benzene rings is 2. The topological polar surface area (TPSA) is 102 Å². The number of hydrogen-bond acceptors (Lipinski definition) is 7. The van der Waals surface area contributed by atoms with Crippen molar-refractivity contribution in [3.63, 3.8) is 0 Å². The van der Waals surface area contributed by atoms with E-state index in [1.54, 1.807) is 19.4 Å². The van der Waals surface area contributed by atoms with Crippen molar-refractivity contribution in [2.45, 2.75) is 62.4 Å². The zero-order valence-electron chi connectivity index (χ0n) is 20.6. The van der Waals surface area contributed by atoms with Crippen molar-refractivity contribution in [3.05, 3.63) is 78.5 Å². The minimum atomic E-state index is -3.60. The number of rotatable bonds is 11. The van der Waals surface area contributed by atoms with Gasteiger partial charge >= 0.3 is 0 Å². The van der Waals surface area contributed by atoms with Crippen LogP contribution in [0.2, 0.25) is 0 Å². The van der Waals surface area contributed by atoms with E-state index in [1.807, 2.05) is 43.3 Å². The van der Waals surface area contributed by atoms with Gasteiger partial charge in [-0.2, -0.15) is 4.72 Å². The summed E-state index contributed by atoms with van der Waals surface area (Å²) in [4.78, 5) is 4.59. The number of fused-ring (bicyclic) bond motifs is 1. The fourth-order valence-corrected chi connectivity index (χ4v) is 6.40. The van der Waals surface area contributed by atoms with Crippen LogP contribution in [0.25, 0.3) is 0 Å². The first-order valence-electron chi connectivity index (χ1n) is 12.5. The lowest BCUT2D eigenvalue weighted by Crippen LogP contribution is -2.55. The summed E-state index contributed by atoms with van der Waals surface area (Å²) in [6.45, 7) is 1.83. The first-order chi connectivity index (χ1) is 17.4. The van der Waals surface area contributed by atoms with Crippen LogP contribution in [0.3, 0.4) is 0 Å². The Balaban J connectivity index is 1.43. The van der Waals surface area contributed by atoms with Crippen LogP contribution in [0.15, 0.2) is 77.9 Å². The Kier molecular flexibility index (Phi) is 7.02. The first-order valence-corrected chi connectivity index (χ1v) is 14.1. The number of para-hydroxylation sites is 1. The maximum absolute atomic E-state index is 12.9. The summed E-state index contributed by atoms with van der Waals surface area (Å²) < 4.78 is 47.1. The molecule has 9 heteroatoms. The molecule has 0 radical (unpaired) electrons. The van der Waals surface area contributed by atoms with Gasteiger partial charge in [0.2, 0.25) is 10.0 Å². The Morgan fingerprint density at radius 3 is 2.53 bits per heavy atom. The molecular formula is C27H33N3O5S. The number of epoxide rings is 1. The highest BCUT2D eigenvalue weighted by atomic mass is 32.2. The Labute approximate surface area is 212 Å². The van der Waals surface area contributed by atoms with E-state index >= 15 is 0 Å². The zero-order chi connectivity index (χ0) is 25.2. The minimum Gasteiger partial charge on any atom is -0.364 e. The van der Waals surface area contributed by atoms with Gasteiger partial charge in [-0.3, -0.25) is 9.73 Å². The van der Waals surface area contributed by atoms with Gasteiger partial charge in [-0.05, 0) is 55.4 Å². The number of sulfonamides is 1. The first kappa shape index (κ1) is 25.1. The molecule has 0 spiro atoms. The third-order valence-electron chi connectivity index (χ3n) is 6.98. The minimum absolute atomic E-state index is 0.00535. The molecule has 2 heterocycles. The third kappa shape index (κ3) is 4.86. The van der Waals surface area contributed by atoms with Gasteiger partial charge in [0.05, 0.1) is 11.9 Å². The van der Waals surface area contributed by atoms with E-state index in [4.69, 9.17) is 14.2 Å². The summed E-state index contributed by atoms with van der Waals surface area (Å²) in [6.07, 6.45) is 5.52. The Morgan fingerprint density at radius 2 is 1.83 bits per heavy atom. The number of nitrogens with one attached hydrogen (secondary N) is 2. The monoisotopic (exact) mass is 511 g/mol. The normalized spacial score (nSPS) is 29.9. The highest BCUT2D eigenvalue weighted by Crippen LogP contribution is 2.56. The lowest BCUT2D eigenvalue weighted by molar-refractivity contribution is -0.0535. The smallest absolute Gasteiger partial charge is 0.275 e. The summed E-state index contributed by atoms with van der Waals surface area (Å²) in [7, 11) is -2.04. The van der Waals surface area contributed by atoms with E-state index < -0.39 is 27.8 Å². The molecule has 5 unspecified atom stereocenters. The molecule has 0 amide bonds. The average molecular weight is 512 g/mol. The van der Waals surface area contributed by atoms with Gasteiger partial charge in [-0.25, -0.2) is 8.42 Å². The van der Waals surface area contributed by atoms with Crippen molar-refractivity contribution in [1.29, 1.82) is 0 Å². The highest BCUT2D eigenvalue weighted by Gasteiger charge is 2.78.